The number of carbonyl (C=O) groups excluding carboxylic acids is 1. The third-order valence-corrected chi connectivity index (χ3v) is 3.66. The second kappa shape index (κ2) is 5.65. The van der Waals surface area contributed by atoms with Gasteiger partial charge in [0.25, 0.3) is 0 Å². The lowest BCUT2D eigenvalue weighted by Gasteiger charge is -2.19. The quantitative estimate of drug-likeness (QED) is 0.839. The number of amides is 1. The van der Waals surface area contributed by atoms with Gasteiger partial charge < -0.3 is 11.1 Å². The van der Waals surface area contributed by atoms with Crippen LogP contribution in [0.25, 0.3) is 0 Å². The van der Waals surface area contributed by atoms with E-state index >= 15 is 0 Å². The van der Waals surface area contributed by atoms with E-state index in [0.29, 0.717) is 6.42 Å². The normalized spacial score (nSPS) is 14.4. The van der Waals surface area contributed by atoms with E-state index in [0.717, 1.165) is 42.4 Å². The second-order valence-corrected chi connectivity index (χ2v) is 5.26. The van der Waals surface area contributed by atoms with Gasteiger partial charge in [0.2, 0.25) is 5.91 Å². The van der Waals surface area contributed by atoms with Crippen LogP contribution in [-0.2, 0) is 17.6 Å². The minimum absolute atomic E-state index is 0.106. The van der Waals surface area contributed by atoms with Gasteiger partial charge in [0, 0.05) is 10.9 Å². The van der Waals surface area contributed by atoms with Crippen molar-refractivity contribution < 1.29 is 4.79 Å². The van der Waals surface area contributed by atoms with Crippen LogP contribution in [0.3, 0.4) is 0 Å². The van der Waals surface area contributed by atoms with Crippen LogP contribution in [0.2, 0.25) is 0 Å². The lowest BCUT2D eigenvalue weighted by molar-refractivity contribution is -0.116. The lowest BCUT2D eigenvalue weighted by Crippen LogP contribution is -2.19. The van der Waals surface area contributed by atoms with Crippen LogP contribution >= 0.6 is 15.9 Å². The first-order chi connectivity index (χ1) is 8.20. The summed E-state index contributed by atoms with van der Waals surface area (Å²) in [5.74, 6) is 0.106. The standard InChI is InChI=1S/C13H17BrN2O/c14-11-8-9(3-1-2-6-15)7-10-4-5-12(17)16-13(10)11/h7-8H,1-6,15H2,(H,16,17). The maximum Gasteiger partial charge on any atom is 0.224 e. The predicted molar refractivity (Wildman–Crippen MR) is 73.1 cm³/mol. The van der Waals surface area contributed by atoms with Crippen molar-refractivity contribution in [2.24, 2.45) is 5.73 Å². The van der Waals surface area contributed by atoms with Gasteiger partial charge in [0.1, 0.15) is 0 Å². The number of anilines is 1. The monoisotopic (exact) mass is 296 g/mol. The molecular formula is C13H17BrN2O. The third-order valence-electron chi connectivity index (χ3n) is 3.04. The van der Waals surface area contributed by atoms with Crippen molar-refractivity contribution in [1.82, 2.24) is 0 Å². The molecule has 0 spiro atoms. The summed E-state index contributed by atoms with van der Waals surface area (Å²) >= 11 is 3.53. The van der Waals surface area contributed by atoms with Crippen LogP contribution < -0.4 is 11.1 Å². The molecular weight excluding hydrogens is 280 g/mol. The summed E-state index contributed by atoms with van der Waals surface area (Å²) in [7, 11) is 0. The molecule has 0 aromatic heterocycles. The van der Waals surface area contributed by atoms with Crippen molar-refractivity contribution in [3.8, 4) is 0 Å². The Hall–Kier alpha value is -0.870. The van der Waals surface area contributed by atoms with Gasteiger partial charge >= 0.3 is 0 Å². The van der Waals surface area contributed by atoms with Crippen LogP contribution in [0, 0.1) is 0 Å². The zero-order valence-corrected chi connectivity index (χ0v) is 11.3. The number of hydrogen-bond donors (Lipinski definition) is 2. The summed E-state index contributed by atoms with van der Waals surface area (Å²) in [6.45, 7) is 0.752. The first-order valence-corrected chi connectivity index (χ1v) is 6.81. The van der Waals surface area contributed by atoms with Gasteiger partial charge in [-0.05, 0) is 65.4 Å². The number of hydrogen-bond acceptors (Lipinski definition) is 2. The Morgan fingerprint density at radius 1 is 1.29 bits per heavy atom. The molecule has 0 radical (unpaired) electrons. The minimum Gasteiger partial charge on any atom is -0.330 e. The van der Waals surface area contributed by atoms with E-state index in [4.69, 9.17) is 5.73 Å². The highest BCUT2D eigenvalue weighted by molar-refractivity contribution is 9.10. The van der Waals surface area contributed by atoms with Crippen LogP contribution in [0.4, 0.5) is 5.69 Å². The topological polar surface area (TPSA) is 55.1 Å². The van der Waals surface area contributed by atoms with Crippen LogP contribution in [-0.4, -0.2) is 12.5 Å². The van der Waals surface area contributed by atoms with Crippen molar-refractivity contribution >= 4 is 27.5 Å². The molecule has 1 aliphatic heterocycles. The van der Waals surface area contributed by atoms with Crippen molar-refractivity contribution in [2.75, 3.05) is 11.9 Å². The van der Waals surface area contributed by atoms with Gasteiger partial charge in [0.05, 0.1) is 5.69 Å². The lowest BCUT2D eigenvalue weighted by atomic mass is 9.98. The van der Waals surface area contributed by atoms with E-state index in [1.54, 1.807) is 0 Å². The highest BCUT2D eigenvalue weighted by Crippen LogP contribution is 2.32. The summed E-state index contributed by atoms with van der Waals surface area (Å²) in [5.41, 5.74) is 9.00. The van der Waals surface area contributed by atoms with Gasteiger partial charge in [-0.15, -0.1) is 0 Å². The molecule has 0 saturated carbocycles. The summed E-state index contributed by atoms with van der Waals surface area (Å²) in [6.07, 6.45) is 4.66. The fourth-order valence-corrected chi connectivity index (χ4v) is 2.78. The Balaban J connectivity index is 2.16. The maximum atomic E-state index is 11.3. The average Bonchev–Trinajstić information content (AvgIpc) is 2.31. The molecule has 92 valence electrons. The number of nitrogens with one attached hydrogen (secondary N) is 1. The number of benzene rings is 1. The van der Waals surface area contributed by atoms with Crippen LogP contribution in [0.15, 0.2) is 16.6 Å². The van der Waals surface area contributed by atoms with Crippen molar-refractivity contribution in [3.63, 3.8) is 0 Å². The molecule has 0 fully saturated rings. The molecule has 2 rings (SSSR count). The van der Waals surface area contributed by atoms with Gasteiger partial charge in [-0.1, -0.05) is 6.07 Å². The van der Waals surface area contributed by atoms with Crippen molar-refractivity contribution in [2.45, 2.75) is 32.1 Å². The molecule has 3 N–H and O–H groups in total. The summed E-state index contributed by atoms with van der Waals surface area (Å²) < 4.78 is 0.991. The molecule has 0 bridgehead atoms. The fraction of sp³-hybridized carbons (Fsp3) is 0.462. The number of carbonyl (C=O) groups is 1. The molecule has 1 amide bonds. The number of halogens is 1. The van der Waals surface area contributed by atoms with E-state index in [-0.39, 0.29) is 5.91 Å². The molecule has 1 aliphatic rings. The smallest absolute Gasteiger partial charge is 0.224 e. The van der Waals surface area contributed by atoms with E-state index in [1.165, 1.54) is 11.1 Å². The Bertz CT molecular complexity index is 432. The molecule has 0 unspecified atom stereocenters. The largest absolute Gasteiger partial charge is 0.330 e. The van der Waals surface area contributed by atoms with Gasteiger partial charge in [-0.3, -0.25) is 4.79 Å². The molecule has 17 heavy (non-hydrogen) atoms. The average molecular weight is 297 g/mol. The number of nitrogens with two attached hydrogens (primary N) is 1. The second-order valence-electron chi connectivity index (χ2n) is 4.41. The molecule has 4 heteroatoms. The molecule has 0 saturated heterocycles. The molecule has 1 aromatic rings. The van der Waals surface area contributed by atoms with Crippen molar-refractivity contribution in [3.05, 3.63) is 27.7 Å². The molecule has 1 heterocycles. The summed E-state index contributed by atoms with van der Waals surface area (Å²) in [4.78, 5) is 11.3. The Kier molecular flexibility index (Phi) is 4.18. The first kappa shape index (κ1) is 12.6. The number of fused-ring (bicyclic) bond motifs is 1. The summed E-state index contributed by atoms with van der Waals surface area (Å²) in [6, 6.07) is 4.30. The van der Waals surface area contributed by atoms with Gasteiger partial charge in [-0.25, -0.2) is 0 Å². The number of unbranched alkanes of at least 4 members (excludes halogenated alkanes) is 1. The fourth-order valence-electron chi connectivity index (χ4n) is 2.13. The Labute approximate surface area is 110 Å². The zero-order chi connectivity index (χ0) is 12.3. The highest BCUT2D eigenvalue weighted by atomic mass is 79.9. The molecule has 0 atom stereocenters. The Morgan fingerprint density at radius 2 is 2.12 bits per heavy atom. The van der Waals surface area contributed by atoms with E-state index in [2.05, 4.69) is 33.4 Å². The minimum atomic E-state index is 0.106. The Morgan fingerprint density at radius 3 is 2.88 bits per heavy atom. The SMILES string of the molecule is NCCCCc1cc(Br)c2c(c1)CCC(=O)N2. The molecule has 3 nitrogen and oxygen atoms in total. The third kappa shape index (κ3) is 3.07. The molecule has 1 aromatic carbocycles. The van der Waals surface area contributed by atoms with Gasteiger partial charge in [0.15, 0.2) is 0 Å². The first-order valence-electron chi connectivity index (χ1n) is 6.02. The zero-order valence-electron chi connectivity index (χ0n) is 9.76. The maximum absolute atomic E-state index is 11.3. The van der Waals surface area contributed by atoms with Crippen LogP contribution in [0.5, 0.6) is 0 Å². The van der Waals surface area contributed by atoms with E-state index in [9.17, 15) is 4.79 Å². The predicted octanol–water partition coefficient (Wildman–Crippen LogP) is 2.62. The number of rotatable bonds is 4. The van der Waals surface area contributed by atoms with Crippen molar-refractivity contribution in [1.29, 1.82) is 0 Å². The van der Waals surface area contributed by atoms with E-state index in [1.807, 2.05) is 0 Å². The van der Waals surface area contributed by atoms with Crippen LogP contribution in [0.1, 0.15) is 30.4 Å². The highest BCUT2D eigenvalue weighted by Gasteiger charge is 2.17. The molecule has 0 aliphatic carbocycles. The number of aryl methyl sites for hydroxylation is 2. The summed E-state index contributed by atoms with van der Waals surface area (Å²) in [5, 5.41) is 2.92. The van der Waals surface area contributed by atoms with Gasteiger partial charge in [-0.2, -0.15) is 0 Å². The van der Waals surface area contributed by atoms with E-state index < -0.39 is 0 Å².